The van der Waals surface area contributed by atoms with E-state index in [0.717, 1.165) is 41.0 Å². The Balaban J connectivity index is 1.25. The van der Waals surface area contributed by atoms with Crippen LogP contribution in [0.2, 0.25) is 0 Å². The topological polar surface area (TPSA) is 100 Å². The highest BCUT2D eigenvalue weighted by atomic mass is 32.2. The van der Waals surface area contributed by atoms with Gasteiger partial charge in [-0.15, -0.1) is 0 Å². The number of nitrogens with one attached hydrogen (secondary N) is 1. The van der Waals surface area contributed by atoms with Crippen LogP contribution in [0.3, 0.4) is 0 Å². The molecule has 10 heteroatoms. The molecule has 0 radical (unpaired) electrons. The van der Waals surface area contributed by atoms with E-state index in [1.165, 1.54) is 0 Å². The second kappa shape index (κ2) is 7.03. The Labute approximate surface area is 182 Å². The van der Waals surface area contributed by atoms with Gasteiger partial charge in [-0.25, -0.2) is 18.4 Å². The van der Waals surface area contributed by atoms with Crippen LogP contribution in [0.25, 0.3) is 11.0 Å². The van der Waals surface area contributed by atoms with Crippen molar-refractivity contribution in [2.75, 3.05) is 24.2 Å². The van der Waals surface area contributed by atoms with Crippen LogP contribution >= 0.6 is 0 Å². The van der Waals surface area contributed by atoms with Crippen molar-refractivity contribution in [3.8, 4) is 0 Å². The first-order valence-corrected chi connectivity index (χ1v) is 12.3. The highest BCUT2D eigenvalue weighted by molar-refractivity contribution is 7.89. The molecule has 0 spiro atoms. The highest BCUT2D eigenvalue weighted by Crippen LogP contribution is 2.38. The van der Waals surface area contributed by atoms with Crippen molar-refractivity contribution < 1.29 is 8.42 Å². The predicted molar refractivity (Wildman–Crippen MR) is 119 cm³/mol. The molecule has 0 amide bonds. The minimum absolute atomic E-state index is 0.166. The normalized spacial score (nSPS) is 23.5. The lowest BCUT2D eigenvalue weighted by molar-refractivity contribution is 0.264. The summed E-state index contributed by atoms with van der Waals surface area (Å²) in [5.41, 5.74) is 2.54. The molecule has 1 aliphatic carbocycles. The highest BCUT2D eigenvalue weighted by Gasteiger charge is 2.42. The van der Waals surface area contributed by atoms with Crippen molar-refractivity contribution in [1.29, 1.82) is 0 Å². The second-order valence-electron chi connectivity index (χ2n) is 9.65. The maximum Gasteiger partial charge on any atom is 0.214 e. The monoisotopic (exact) mass is 443 g/mol. The Morgan fingerprint density at radius 3 is 2.84 bits per heavy atom. The lowest BCUT2D eigenvalue weighted by Crippen LogP contribution is -2.49. The number of fused-ring (bicyclic) bond motifs is 2. The third-order valence-corrected chi connectivity index (χ3v) is 8.67. The number of aryl methyl sites for hydroxylation is 1. The van der Waals surface area contributed by atoms with Gasteiger partial charge in [0, 0.05) is 56.6 Å². The Hall–Kier alpha value is -2.46. The van der Waals surface area contributed by atoms with Gasteiger partial charge in [0.1, 0.15) is 17.8 Å². The van der Waals surface area contributed by atoms with Crippen LogP contribution in [0, 0.1) is 5.92 Å². The first-order chi connectivity index (χ1) is 14.6. The van der Waals surface area contributed by atoms with Gasteiger partial charge >= 0.3 is 0 Å². The number of hydrogen-bond acceptors (Lipinski definition) is 6. The molecule has 1 aliphatic heterocycles. The quantitative estimate of drug-likeness (QED) is 0.648. The van der Waals surface area contributed by atoms with E-state index in [0.29, 0.717) is 13.1 Å². The molecule has 1 fully saturated rings. The van der Waals surface area contributed by atoms with Gasteiger partial charge in [0.25, 0.3) is 0 Å². The summed E-state index contributed by atoms with van der Waals surface area (Å²) in [4.78, 5) is 14.0. The standard InChI is InChI=1S/C21H29N7O2S/c1-21(2)12-28(10-15-9-26(3)25-18(15)21)31(29,30)11-14-7-16(8-14)27(4)20-17-5-6-22-19(17)23-13-24-20/h5-6,9,13-14,16H,7-8,10-12H2,1-4H3,(H,22,23,24). The molecule has 2 aliphatic rings. The molecule has 0 bridgehead atoms. The lowest BCUT2D eigenvalue weighted by Gasteiger charge is -2.43. The zero-order chi connectivity index (χ0) is 22.0. The number of aromatic nitrogens is 5. The molecule has 1 saturated carbocycles. The smallest absolute Gasteiger partial charge is 0.214 e. The average Bonchev–Trinajstić information content (AvgIpc) is 3.29. The first kappa shape index (κ1) is 20.4. The molecule has 1 N–H and O–H groups in total. The number of anilines is 1. The van der Waals surface area contributed by atoms with Crippen molar-refractivity contribution in [3.63, 3.8) is 0 Å². The lowest BCUT2D eigenvalue weighted by atomic mass is 9.81. The molecule has 3 aromatic rings. The number of rotatable bonds is 5. The number of aromatic amines is 1. The third kappa shape index (κ3) is 3.51. The molecule has 0 saturated heterocycles. The van der Waals surface area contributed by atoms with Crippen LogP contribution in [-0.2, 0) is 29.0 Å². The van der Waals surface area contributed by atoms with E-state index in [9.17, 15) is 8.42 Å². The van der Waals surface area contributed by atoms with Crippen LogP contribution in [0.15, 0.2) is 24.8 Å². The van der Waals surface area contributed by atoms with Gasteiger partial charge in [0.05, 0.1) is 16.8 Å². The fourth-order valence-electron chi connectivity index (χ4n) is 5.05. The molecule has 0 atom stereocenters. The zero-order valence-corrected chi connectivity index (χ0v) is 19.2. The van der Waals surface area contributed by atoms with E-state index in [-0.39, 0.29) is 23.1 Å². The van der Waals surface area contributed by atoms with Crippen LogP contribution in [0.5, 0.6) is 0 Å². The summed E-state index contributed by atoms with van der Waals surface area (Å²) >= 11 is 0. The predicted octanol–water partition coefficient (Wildman–Crippen LogP) is 2.03. The minimum atomic E-state index is -3.34. The van der Waals surface area contributed by atoms with Crippen molar-refractivity contribution in [3.05, 3.63) is 36.0 Å². The molecule has 0 aromatic carbocycles. The molecule has 5 rings (SSSR count). The van der Waals surface area contributed by atoms with E-state index in [1.807, 2.05) is 32.6 Å². The summed E-state index contributed by atoms with van der Waals surface area (Å²) in [6, 6.07) is 2.27. The molecular formula is C21H29N7O2S. The number of H-pyrrole nitrogens is 1. The summed E-state index contributed by atoms with van der Waals surface area (Å²) in [6.07, 6.45) is 7.06. The SMILES string of the molecule is CN(c1ncnc2[nH]ccc12)C1CC(CS(=O)(=O)N2Cc3cn(C)nc3C(C)(C)C2)C1. The Morgan fingerprint density at radius 2 is 2.06 bits per heavy atom. The average molecular weight is 444 g/mol. The van der Waals surface area contributed by atoms with E-state index in [4.69, 9.17) is 0 Å². The van der Waals surface area contributed by atoms with Gasteiger partial charge in [0.15, 0.2) is 0 Å². The summed E-state index contributed by atoms with van der Waals surface area (Å²) in [5.74, 6) is 1.26. The van der Waals surface area contributed by atoms with Crippen molar-refractivity contribution in [2.45, 2.75) is 44.7 Å². The Bertz CT molecular complexity index is 1220. The van der Waals surface area contributed by atoms with E-state index in [1.54, 1.807) is 15.3 Å². The molecule has 166 valence electrons. The van der Waals surface area contributed by atoms with Gasteiger partial charge in [0.2, 0.25) is 10.0 Å². The van der Waals surface area contributed by atoms with Gasteiger partial charge in [-0.2, -0.15) is 9.40 Å². The number of hydrogen-bond donors (Lipinski definition) is 1. The zero-order valence-electron chi connectivity index (χ0n) is 18.4. The largest absolute Gasteiger partial charge is 0.356 e. The van der Waals surface area contributed by atoms with E-state index < -0.39 is 10.0 Å². The Morgan fingerprint density at radius 1 is 1.29 bits per heavy atom. The fraction of sp³-hybridized carbons (Fsp3) is 0.571. The summed E-state index contributed by atoms with van der Waals surface area (Å²) < 4.78 is 29.9. The van der Waals surface area contributed by atoms with Crippen molar-refractivity contribution in [1.82, 2.24) is 29.0 Å². The summed E-state index contributed by atoms with van der Waals surface area (Å²) in [5, 5.41) is 5.55. The molecule has 31 heavy (non-hydrogen) atoms. The molecule has 3 aromatic heterocycles. The molecule has 9 nitrogen and oxygen atoms in total. The van der Waals surface area contributed by atoms with Crippen LogP contribution < -0.4 is 4.90 Å². The fourth-order valence-corrected chi connectivity index (χ4v) is 6.98. The molecule has 0 unspecified atom stereocenters. The molecular weight excluding hydrogens is 414 g/mol. The van der Waals surface area contributed by atoms with Gasteiger partial charge in [-0.1, -0.05) is 13.8 Å². The van der Waals surface area contributed by atoms with Gasteiger partial charge in [-0.05, 0) is 24.8 Å². The third-order valence-electron chi connectivity index (χ3n) is 6.73. The second-order valence-corrected chi connectivity index (χ2v) is 11.7. The maximum absolute atomic E-state index is 13.2. The van der Waals surface area contributed by atoms with Crippen LogP contribution in [-0.4, -0.2) is 62.8 Å². The van der Waals surface area contributed by atoms with Gasteiger partial charge < -0.3 is 9.88 Å². The van der Waals surface area contributed by atoms with Crippen LogP contribution in [0.4, 0.5) is 5.82 Å². The van der Waals surface area contributed by atoms with Crippen LogP contribution in [0.1, 0.15) is 37.9 Å². The van der Waals surface area contributed by atoms with Crippen molar-refractivity contribution >= 4 is 26.9 Å². The minimum Gasteiger partial charge on any atom is -0.356 e. The van der Waals surface area contributed by atoms with E-state index >= 15 is 0 Å². The van der Waals surface area contributed by atoms with E-state index in [2.05, 4.69) is 38.8 Å². The van der Waals surface area contributed by atoms with Gasteiger partial charge in [-0.3, -0.25) is 4.68 Å². The number of nitrogens with zero attached hydrogens (tertiary/aromatic N) is 6. The molecule has 4 heterocycles. The van der Waals surface area contributed by atoms with Crippen molar-refractivity contribution in [2.24, 2.45) is 13.0 Å². The Kier molecular flexibility index (Phi) is 4.63. The summed E-state index contributed by atoms with van der Waals surface area (Å²) in [7, 11) is 0.575. The first-order valence-electron chi connectivity index (χ1n) is 10.7. The number of sulfonamides is 1. The summed E-state index contributed by atoms with van der Waals surface area (Å²) in [6.45, 7) is 5.02. The maximum atomic E-state index is 13.2.